The van der Waals surface area contributed by atoms with Crippen molar-refractivity contribution in [3.63, 3.8) is 0 Å². The Morgan fingerprint density at radius 3 is 2.57 bits per heavy atom. The fourth-order valence-electron chi connectivity index (χ4n) is 4.48. The first-order valence-electron chi connectivity index (χ1n) is 10.3. The average molecular weight is 443 g/mol. The van der Waals surface area contributed by atoms with E-state index in [2.05, 4.69) is 16.4 Å². The lowest BCUT2D eigenvalue weighted by Crippen LogP contribution is -2.29. The Kier molecular flexibility index (Phi) is 6.59. The molecule has 4 rings (SSSR count). The minimum Gasteiger partial charge on any atom is -0.326 e. The van der Waals surface area contributed by atoms with Crippen LogP contribution in [0.1, 0.15) is 44.1 Å². The van der Waals surface area contributed by atoms with E-state index in [0.29, 0.717) is 21.8 Å². The zero-order valence-electron chi connectivity index (χ0n) is 16.8. The molecule has 156 valence electrons. The standard InChI is InChI=1S/C24H24ClFN2OS/c1-15(24(29)28-19-8-6-18(25)7-9-19)16-2-4-17(5-3-16)21-12-13-27-23-11-10-20(30-26)14-22(21)23/h6-17H,2-5H2,1H3,(H,28,29)/t15-,16?,17?/m1/s1. The van der Waals surface area contributed by atoms with Crippen molar-refractivity contribution in [2.24, 2.45) is 11.8 Å². The first kappa shape index (κ1) is 21.1. The zero-order chi connectivity index (χ0) is 21.1. The lowest BCUT2D eigenvalue weighted by atomic mass is 9.73. The molecule has 2 aromatic carbocycles. The Labute approximate surface area is 185 Å². The van der Waals surface area contributed by atoms with Crippen LogP contribution in [0.15, 0.2) is 59.6 Å². The van der Waals surface area contributed by atoms with Crippen LogP contribution in [0.2, 0.25) is 5.02 Å². The molecule has 30 heavy (non-hydrogen) atoms. The predicted molar refractivity (Wildman–Crippen MR) is 123 cm³/mol. The molecule has 1 aliphatic carbocycles. The molecule has 0 radical (unpaired) electrons. The second kappa shape index (κ2) is 9.36. The van der Waals surface area contributed by atoms with Gasteiger partial charge in [-0.15, -0.1) is 0 Å². The van der Waals surface area contributed by atoms with Crippen LogP contribution in [0.25, 0.3) is 10.9 Å². The summed E-state index contributed by atoms with van der Waals surface area (Å²) in [5.41, 5.74) is 2.92. The van der Waals surface area contributed by atoms with Crippen LogP contribution in [0.5, 0.6) is 0 Å². The van der Waals surface area contributed by atoms with Crippen molar-refractivity contribution in [2.45, 2.75) is 43.4 Å². The van der Waals surface area contributed by atoms with Crippen LogP contribution >= 0.6 is 23.7 Å². The minimum absolute atomic E-state index is 0.0506. The van der Waals surface area contributed by atoms with Gasteiger partial charge in [0.15, 0.2) is 0 Å². The Bertz CT molecular complexity index is 1040. The monoisotopic (exact) mass is 442 g/mol. The first-order valence-corrected chi connectivity index (χ1v) is 11.4. The number of nitrogens with zero attached hydrogens (tertiary/aromatic N) is 1. The number of halogens is 2. The Morgan fingerprint density at radius 2 is 1.87 bits per heavy atom. The molecular formula is C24H24ClFN2OS. The summed E-state index contributed by atoms with van der Waals surface area (Å²) in [7, 11) is 0. The van der Waals surface area contributed by atoms with E-state index in [9.17, 15) is 8.68 Å². The van der Waals surface area contributed by atoms with E-state index >= 15 is 0 Å². The van der Waals surface area contributed by atoms with Crippen LogP contribution in [0, 0.1) is 11.8 Å². The fourth-order valence-corrected chi connectivity index (χ4v) is 4.89. The van der Waals surface area contributed by atoms with Gasteiger partial charge in [0, 0.05) is 33.1 Å². The Morgan fingerprint density at radius 1 is 1.13 bits per heavy atom. The second-order valence-corrected chi connectivity index (χ2v) is 9.11. The summed E-state index contributed by atoms with van der Waals surface area (Å²) in [5.74, 6) is 0.779. The molecule has 1 aliphatic rings. The largest absolute Gasteiger partial charge is 0.326 e. The third-order valence-corrected chi connectivity index (χ3v) is 6.96. The number of aromatic nitrogens is 1. The van der Waals surface area contributed by atoms with E-state index in [0.717, 1.165) is 42.3 Å². The molecule has 0 aliphatic heterocycles. The number of amides is 1. The molecule has 1 atom stereocenters. The van der Waals surface area contributed by atoms with E-state index in [1.807, 2.05) is 37.4 Å². The van der Waals surface area contributed by atoms with E-state index in [1.54, 1.807) is 18.2 Å². The third kappa shape index (κ3) is 4.62. The van der Waals surface area contributed by atoms with Crippen LogP contribution in [0.3, 0.4) is 0 Å². The van der Waals surface area contributed by atoms with Crippen molar-refractivity contribution >= 4 is 46.2 Å². The molecule has 3 nitrogen and oxygen atoms in total. The predicted octanol–water partition coefficient (Wildman–Crippen LogP) is 7.41. The highest BCUT2D eigenvalue weighted by Gasteiger charge is 2.30. The number of pyridine rings is 1. The molecule has 0 spiro atoms. The highest BCUT2D eigenvalue weighted by atomic mass is 35.5. The van der Waals surface area contributed by atoms with Crippen molar-refractivity contribution in [3.8, 4) is 0 Å². The van der Waals surface area contributed by atoms with E-state index in [4.69, 9.17) is 11.6 Å². The molecule has 0 unspecified atom stereocenters. The topological polar surface area (TPSA) is 42.0 Å². The maximum absolute atomic E-state index is 13.1. The number of fused-ring (bicyclic) bond motifs is 1. The summed E-state index contributed by atoms with van der Waals surface area (Å²) < 4.78 is 13.1. The van der Waals surface area contributed by atoms with Gasteiger partial charge < -0.3 is 5.32 Å². The molecule has 1 fully saturated rings. The third-order valence-electron chi connectivity index (χ3n) is 6.28. The summed E-state index contributed by atoms with van der Waals surface area (Å²) in [6, 6.07) is 14.8. The fraction of sp³-hybridized carbons (Fsp3) is 0.333. The van der Waals surface area contributed by atoms with Crippen LogP contribution in [-0.2, 0) is 4.79 Å². The molecule has 1 aromatic heterocycles. The van der Waals surface area contributed by atoms with Crippen molar-refractivity contribution in [2.75, 3.05) is 5.32 Å². The van der Waals surface area contributed by atoms with Gasteiger partial charge in [0.05, 0.1) is 17.7 Å². The molecular weight excluding hydrogens is 419 g/mol. The number of nitrogens with one attached hydrogen (secondary N) is 1. The average Bonchev–Trinajstić information content (AvgIpc) is 2.79. The number of carbonyl (C=O) groups excluding carboxylic acids is 1. The molecule has 3 aromatic rings. The second-order valence-electron chi connectivity index (χ2n) is 8.05. The highest BCUT2D eigenvalue weighted by molar-refractivity contribution is 7.94. The number of rotatable bonds is 5. The number of anilines is 1. The molecule has 6 heteroatoms. The van der Waals surface area contributed by atoms with Gasteiger partial charge >= 0.3 is 0 Å². The number of carbonyl (C=O) groups is 1. The normalized spacial score (nSPS) is 20.1. The van der Waals surface area contributed by atoms with Crippen molar-refractivity contribution in [3.05, 3.63) is 65.3 Å². The van der Waals surface area contributed by atoms with E-state index < -0.39 is 0 Å². The molecule has 0 saturated heterocycles. The quantitative estimate of drug-likeness (QED) is 0.447. The van der Waals surface area contributed by atoms with Crippen LogP contribution in [-0.4, -0.2) is 10.9 Å². The van der Waals surface area contributed by atoms with Gasteiger partial charge in [-0.25, -0.2) is 0 Å². The molecule has 1 saturated carbocycles. The summed E-state index contributed by atoms with van der Waals surface area (Å²) in [6.07, 6.45) is 5.89. The van der Waals surface area contributed by atoms with Gasteiger partial charge in [-0.1, -0.05) is 18.5 Å². The summed E-state index contributed by atoms with van der Waals surface area (Å²) in [6.45, 7) is 2.02. The van der Waals surface area contributed by atoms with Gasteiger partial charge in [0.1, 0.15) is 0 Å². The van der Waals surface area contributed by atoms with Gasteiger partial charge in [-0.2, -0.15) is 3.89 Å². The Hall–Kier alpha value is -2.11. The zero-order valence-corrected chi connectivity index (χ0v) is 18.3. The van der Waals surface area contributed by atoms with E-state index in [-0.39, 0.29) is 24.0 Å². The summed E-state index contributed by atoms with van der Waals surface area (Å²) in [4.78, 5) is 17.7. The van der Waals surface area contributed by atoms with Crippen LogP contribution < -0.4 is 5.32 Å². The molecule has 1 heterocycles. The minimum atomic E-state index is -0.0506. The molecule has 0 bridgehead atoms. The molecule has 1 N–H and O–H groups in total. The van der Waals surface area contributed by atoms with Crippen molar-refractivity contribution < 1.29 is 8.68 Å². The Balaban J connectivity index is 1.41. The lowest BCUT2D eigenvalue weighted by Gasteiger charge is -2.32. The maximum Gasteiger partial charge on any atom is 0.227 e. The number of benzene rings is 2. The summed E-state index contributed by atoms with van der Waals surface area (Å²) in [5, 5.41) is 4.69. The SMILES string of the molecule is C[C@@H](C(=O)Nc1ccc(Cl)cc1)C1CCC(c2ccnc3ccc(SF)cc23)CC1. The van der Waals surface area contributed by atoms with Gasteiger partial charge in [0.25, 0.3) is 0 Å². The van der Waals surface area contributed by atoms with Crippen molar-refractivity contribution in [1.82, 2.24) is 4.98 Å². The first-order chi connectivity index (χ1) is 14.5. The van der Waals surface area contributed by atoms with Crippen molar-refractivity contribution in [1.29, 1.82) is 0 Å². The van der Waals surface area contributed by atoms with Gasteiger partial charge in [-0.05, 0) is 91.6 Å². The van der Waals surface area contributed by atoms with E-state index in [1.165, 1.54) is 5.56 Å². The van der Waals surface area contributed by atoms with Gasteiger partial charge in [-0.3, -0.25) is 9.78 Å². The lowest BCUT2D eigenvalue weighted by molar-refractivity contribution is -0.121. The molecule has 1 amide bonds. The smallest absolute Gasteiger partial charge is 0.227 e. The summed E-state index contributed by atoms with van der Waals surface area (Å²) >= 11 is 6.18. The van der Waals surface area contributed by atoms with Crippen LogP contribution in [0.4, 0.5) is 9.57 Å². The number of hydrogen-bond donors (Lipinski definition) is 1. The maximum atomic E-state index is 13.1. The highest BCUT2D eigenvalue weighted by Crippen LogP contribution is 2.41. The number of hydrogen-bond acceptors (Lipinski definition) is 3. The van der Waals surface area contributed by atoms with Gasteiger partial charge in [0.2, 0.25) is 5.91 Å².